The summed E-state index contributed by atoms with van der Waals surface area (Å²) in [5.74, 6) is -1.21. The van der Waals surface area contributed by atoms with Gasteiger partial charge in [-0.25, -0.2) is 0 Å². The molecular weight excluding hydrogens is 180 g/mol. The van der Waals surface area contributed by atoms with Gasteiger partial charge in [-0.3, -0.25) is 9.59 Å². The summed E-state index contributed by atoms with van der Waals surface area (Å²) in [5.41, 5.74) is 0. The Hall–Kier alpha value is -0.710. The summed E-state index contributed by atoms with van der Waals surface area (Å²) < 4.78 is 0. The van der Waals surface area contributed by atoms with Gasteiger partial charge >= 0.3 is 11.9 Å². The lowest BCUT2D eigenvalue weighted by atomic mass is 10.3. The van der Waals surface area contributed by atoms with Gasteiger partial charge < -0.3 is 10.2 Å². The van der Waals surface area contributed by atoms with Crippen molar-refractivity contribution in [1.82, 2.24) is 0 Å². The van der Waals surface area contributed by atoms with Gasteiger partial charge in [0.1, 0.15) is 0 Å². The minimum Gasteiger partial charge on any atom is -0.481 e. The molecule has 0 aliphatic rings. The zero-order valence-electron chi connectivity index (χ0n) is 6.82. The molecule has 0 rings (SSSR count). The van der Waals surface area contributed by atoms with E-state index in [1.807, 2.05) is 0 Å². The van der Waals surface area contributed by atoms with E-state index in [1.54, 1.807) is 6.92 Å². The highest BCUT2D eigenvalue weighted by molar-refractivity contribution is 7.99. The van der Waals surface area contributed by atoms with Gasteiger partial charge in [-0.05, 0) is 0 Å². The van der Waals surface area contributed by atoms with Crippen LogP contribution in [0, 0.1) is 0 Å². The number of hydrogen-bond donors (Lipinski definition) is 2. The molecule has 12 heavy (non-hydrogen) atoms. The summed E-state index contributed by atoms with van der Waals surface area (Å²) in [5, 5.41) is 16.6. The first kappa shape index (κ1) is 11.3. The molecule has 0 saturated heterocycles. The zero-order valence-corrected chi connectivity index (χ0v) is 7.63. The monoisotopic (exact) mass is 192 g/mol. The standard InChI is InChI=1S/C7H12O4S/c1-5(4-7(10)11)12-3-2-6(8)9/h5H,2-4H2,1H3,(H,8,9)(H,10,11). The second kappa shape index (κ2) is 5.88. The number of rotatable bonds is 6. The van der Waals surface area contributed by atoms with E-state index >= 15 is 0 Å². The van der Waals surface area contributed by atoms with E-state index in [0.717, 1.165) is 0 Å². The van der Waals surface area contributed by atoms with Crippen molar-refractivity contribution in [3.05, 3.63) is 0 Å². The molecular formula is C7H12O4S. The number of hydrogen-bond acceptors (Lipinski definition) is 3. The van der Waals surface area contributed by atoms with Gasteiger partial charge in [-0.15, -0.1) is 0 Å². The highest BCUT2D eigenvalue weighted by Gasteiger charge is 2.08. The number of aliphatic carboxylic acids is 2. The molecule has 5 heteroatoms. The van der Waals surface area contributed by atoms with Crippen LogP contribution in [0.2, 0.25) is 0 Å². The zero-order chi connectivity index (χ0) is 9.56. The van der Waals surface area contributed by atoms with Crippen molar-refractivity contribution in [2.45, 2.75) is 25.0 Å². The third-order valence-electron chi connectivity index (χ3n) is 1.18. The van der Waals surface area contributed by atoms with Crippen molar-refractivity contribution in [3.63, 3.8) is 0 Å². The highest BCUT2D eigenvalue weighted by atomic mass is 32.2. The second-order valence-electron chi connectivity index (χ2n) is 2.42. The predicted molar refractivity (Wildman–Crippen MR) is 46.4 cm³/mol. The third kappa shape index (κ3) is 7.40. The van der Waals surface area contributed by atoms with Crippen LogP contribution in [0.25, 0.3) is 0 Å². The average molecular weight is 192 g/mol. The van der Waals surface area contributed by atoms with Crippen LogP contribution in [0.4, 0.5) is 0 Å². The quantitative estimate of drug-likeness (QED) is 0.658. The minimum atomic E-state index is -0.843. The fourth-order valence-electron chi connectivity index (χ4n) is 0.652. The van der Waals surface area contributed by atoms with Crippen molar-refractivity contribution in [2.75, 3.05) is 5.75 Å². The van der Waals surface area contributed by atoms with Crippen molar-refractivity contribution >= 4 is 23.7 Å². The fourth-order valence-corrected chi connectivity index (χ4v) is 1.61. The minimum absolute atomic E-state index is 0.0122. The molecule has 0 spiro atoms. The molecule has 0 amide bonds. The largest absolute Gasteiger partial charge is 0.481 e. The number of carboxylic acids is 2. The maximum atomic E-state index is 10.2. The van der Waals surface area contributed by atoms with Crippen LogP contribution in [0.3, 0.4) is 0 Å². The Labute approximate surface area is 75.0 Å². The van der Waals surface area contributed by atoms with Gasteiger partial charge in [-0.1, -0.05) is 6.92 Å². The van der Waals surface area contributed by atoms with E-state index in [-0.39, 0.29) is 18.1 Å². The Morgan fingerprint density at radius 3 is 2.33 bits per heavy atom. The Kier molecular flexibility index (Phi) is 5.53. The molecule has 0 aliphatic carbocycles. The molecule has 70 valence electrons. The van der Waals surface area contributed by atoms with Crippen molar-refractivity contribution in [2.24, 2.45) is 0 Å². The van der Waals surface area contributed by atoms with Crippen LogP contribution in [0.15, 0.2) is 0 Å². The molecule has 0 aromatic heterocycles. The van der Waals surface area contributed by atoms with Crippen molar-refractivity contribution in [1.29, 1.82) is 0 Å². The van der Waals surface area contributed by atoms with Gasteiger partial charge in [0.15, 0.2) is 0 Å². The molecule has 0 bridgehead atoms. The van der Waals surface area contributed by atoms with E-state index in [1.165, 1.54) is 11.8 Å². The van der Waals surface area contributed by atoms with Crippen LogP contribution in [0.5, 0.6) is 0 Å². The maximum absolute atomic E-state index is 10.2. The van der Waals surface area contributed by atoms with Crippen molar-refractivity contribution < 1.29 is 19.8 Å². The average Bonchev–Trinajstić information content (AvgIpc) is 1.84. The topological polar surface area (TPSA) is 74.6 Å². The maximum Gasteiger partial charge on any atom is 0.304 e. The van der Waals surface area contributed by atoms with Crippen LogP contribution in [-0.2, 0) is 9.59 Å². The van der Waals surface area contributed by atoms with E-state index in [4.69, 9.17) is 10.2 Å². The van der Waals surface area contributed by atoms with Gasteiger partial charge in [0.05, 0.1) is 12.8 Å². The lowest BCUT2D eigenvalue weighted by Crippen LogP contribution is -2.07. The van der Waals surface area contributed by atoms with E-state index < -0.39 is 11.9 Å². The summed E-state index contributed by atoms with van der Waals surface area (Å²) in [7, 11) is 0. The Morgan fingerprint density at radius 1 is 1.33 bits per heavy atom. The van der Waals surface area contributed by atoms with Crippen LogP contribution >= 0.6 is 11.8 Å². The molecule has 0 aliphatic heterocycles. The Balaban J connectivity index is 3.37. The first-order valence-corrected chi connectivity index (χ1v) is 4.62. The first-order valence-electron chi connectivity index (χ1n) is 3.57. The molecule has 0 heterocycles. The second-order valence-corrected chi connectivity index (χ2v) is 3.97. The predicted octanol–water partition coefficient (Wildman–Crippen LogP) is 1.06. The number of carbonyl (C=O) groups is 2. The summed E-state index contributed by atoms with van der Waals surface area (Å²) in [6.45, 7) is 1.78. The summed E-state index contributed by atoms with van der Waals surface area (Å²) in [6.07, 6.45) is 0.179. The highest BCUT2D eigenvalue weighted by Crippen LogP contribution is 2.14. The lowest BCUT2D eigenvalue weighted by molar-refractivity contribution is -0.137. The first-order chi connectivity index (χ1) is 5.52. The Morgan fingerprint density at radius 2 is 1.92 bits per heavy atom. The van der Waals surface area contributed by atoms with Gasteiger partial charge in [-0.2, -0.15) is 11.8 Å². The van der Waals surface area contributed by atoms with E-state index in [0.29, 0.717) is 5.75 Å². The Bertz CT molecular complexity index is 169. The van der Waals surface area contributed by atoms with E-state index in [9.17, 15) is 9.59 Å². The molecule has 2 N–H and O–H groups in total. The molecule has 1 unspecified atom stereocenters. The molecule has 0 saturated carbocycles. The van der Waals surface area contributed by atoms with Gasteiger partial charge in [0.25, 0.3) is 0 Å². The molecule has 0 radical (unpaired) electrons. The SMILES string of the molecule is CC(CC(=O)O)SCCC(=O)O. The lowest BCUT2D eigenvalue weighted by Gasteiger charge is -2.05. The summed E-state index contributed by atoms with van der Waals surface area (Å²) >= 11 is 1.37. The summed E-state index contributed by atoms with van der Waals surface area (Å²) in [6, 6.07) is 0. The molecule has 1 atom stereocenters. The molecule has 4 nitrogen and oxygen atoms in total. The smallest absolute Gasteiger partial charge is 0.304 e. The van der Waals surface area contributed by atoms with Gasteiger partial charge in [0, 0.05) is 11.0 Å². The van der Waals surface area contributed by atoms with Crippen LogP contribution < -0.4 is 0 Å². The van der Waals surface area contributed by atoms with Crippen molar-refractivity contribution in [3.8, 4) is 0 Å². The van der Waals surface area contributed by atoms with Gasteiger partial charge in [0.2, 0.25) is 0 Å². The van der Waals surface area contributed by atoms with Crippen LogP contribution in [0.1, 0.15) is 19.8 Å². The normalized spacial score (nSPS) is 12.4. The third-order valence-corrected chi connectivity index (χ3v) is 2.36. The molecule has 0 fully saturated rings. The fraction of sp³-hybridized carbons (Fsp3) is 0.714. The summed E-state index contributed by atoms with van der Waals surface area (Å²) in [4.78, 5) is 20.3. The molecule has 0 aromatic carbocycles. The number of thioether (sulfide) groups is 1. The molecule has 0 aromatic rings. The number of carboxylic acid groups (broad SMARTS) is 2. The van der Waals surface area contributed by atoms with Crippen LogP contribution in [-0.4, -0.2) is 33.2 Å². The van der Waals surface area contributed by atoms with E-state index in [2.05, 4.69) is 0 Å².